The second-order valence-corrected chi connectivity index (χ2v) is 5.45. The lowest BCUT2D eigenvalue weighted by atomic mass is 10.1. The number of hydrogen-bond acceptors (Lipinski definition) is 3. The van der Waals surface area contributed by atoms with Crippen molar-refractivity contribution in [2.24, 2.45) is 0 Å². The van der Waals surface area contributed by atoms with Crippen molar-refractivity contribution in [1.82, 2.24) is 20.4 Å². The molecule has 1 aromatic rings. The minimum Gasteiger partial charge on any atom is -0.350 e. The summed E-state index contributed by atoms with van der Waals surface area (Å²) in [5, 5.41) is 11.1. The number of carbonyl (C=O) groups excluding carboxylic acids is 2. The maximum absolute atomic E-state index is 12.1. The molecule has 3 amide bonds. The molecule has 118 valence electrons. The van der Waals surface area contributed by atoms with Crippen LogP contribution in [0.5, 0.6) is 0 Å². The lowest BCUT2D eigenvalue weighted by Crippen LogP contribution is -2.46. The van der Waals surface area contributed by atoms with Crippen LogP contribution in [0.2, 0.25) is 0 Å². The zero-order valence-electron chi connectivity index (χ0n) is 12.1. The van der Waals surface area contributed by atoms with Gasteiger partial charge in [-0.15, -0.1) is 0 Å². The van der Waals surface area contributed by atoms with E-state index in [1.807, 2.05) is 20.8 Å². The molecule has 0 aliphatic rings. The number of urea groups is 1. The van der Waals surface area contributed by atoms with Gasteiger partial charge in [-0.2, -0.15) is 5.10 Å². The van der Waals surface area contributed by atoms with Gasteiger partial charge >= 0.3 is 6.03 Å². The van der Waals surface area contributed by atoms with Crippen LogP contribution in [0, 0.1) is 0 Å². The summed E-state index contributed by atoms with van der Waals surface area (Å²) in [6.45, 7) is 4.73. The standard InChI is InChI=1S/C12H19F2N5O2/c1-12(2,3)18-10(20)5-15-11(21)17-8-4-16-19(6-8)7-9(13)14/h4,6,9H,5,7H2,1-3H3,(H,18,20)(H2,15,17,21). The molecular formula is C12H19F2N5O2. The van der Waals surface area contributed by atoms with Gasteiger partial charge in [0, 0.05) is 11.7 Å². The van der Waals surface area contributed by atoms with Crippen LogP contribution in [0.1, 0.15) is 20.8 Å². The topological polar surface area (TPSA) is 88.1 Å². The van der Waals surface area contributed by atoms with Crippen LogP contribution >= 0.6 is 0 Å². The predicted molar refractivity (Wildman–Crippen MR) is 73.1 cm³/mol. The van der Waals surface area contributed by atoms with Crippen molar-refractivity contribution in [3.63, 3.8) is 0 Å². The first-order valence-electron chi connectivity index (χ1n) is 6.32. The molecule has 0 atom stereocenters. The monoisotopic (exact) mass is 303 g/mol. The molecule has 0 radical (unpaired) electrons. The third-order valence-electron chi connectivity index (χ3n) is 2.14. The van der Waals surface area contributed by atoms with Gasteiger partial charge in [-0.25, -0.2) is 13.6 Å². The number of carbonyl (C=O) groups is 2. The Morgan fingerprint density at radius 2 is 2.05 bits per heavy atom. The number of rotatable bonds is 5. The zero-order chi connectivity index (χ0) is 16.0. The molecule has 21 heavy (non-hydrogen) atoms. The molecule has 1 heterocycles. The van der Waals surface area contributed by atoms with Crippen molar-refractivity contribution in [1.29, 1.82) is 0 Å². The van der Waals surface area contributed by atoms with Gasteiger partial charge in [0.25, 0.3) is 6.43 Å². The van der Waals surface area contributed by atoms with Gasteiger partial charge in [0.1, 0.15) is 6.54 Å². The van der Waals surface area contributed by atoms with E-state index < -0.39 is 19.0 Å². The number of aromatic nitrogens is 2. The molecule has 9 heteroatoms. The van der Waals surface area contributed by atoms with E-state index in [-0.39, 0.29) is 23.7 Å². The van der Waals surface area contributed by atoms with Crippen LogP contribution in [0.15, 0.2) is 12.4 Å². The average molecular weight is 303 g/mol. The van der Waals surface area contributed by atoms with Crippen LogP contribution in [-0.4, -0.2) is 40.2 Å². The Balaban J connectivity index is 2.37. The van der Waals surface area contributed by atoms with E-state index in [2.05, 4.69) is 21.0 Å². The molecule has 1 aromatic heterocycles. The van der Waals surface area contributed by atoms with Gasteiger partial charge in [0.05, 0.1) is 18.4 Å². The highest BCUT2D eigenvalue weighted by Gasteiger charge is 2.14. The average Bonchev–Trinajstić information content (AvgIpc) is 2.70. The van der Waals surface area contributed by atoms with Crippen LogP contribution in [0.25, 0.3) is 0 Å². The van der Waals surface area contributed by atoms with Crippen LogP contribution in [0.4, 0.5) is 19.3 Å². The third kappa shape index (κ3) is 7.23. The van der Waals surface area contributed by atoms with Gasteiger partial charge in [-0.3, -0.25) is 9.48 Å². The first-order chi connectivity index (χ1) is 9.65. The molecule has 0 unspecified atom stereocenters. The van der Waals surface area contributed by atoms with Crippen molar-refractivity contribution in [2.45, 2.75) is 39.3 Å². The fraction of sp³-hybridized carbons (Fsp3) is 0.583. The number of halogens is 2. The van der Waals surface area contributed by atoms with E-state index in [9.17, 15) is 18.4 Å². The van der Waals surface area contributed by atoms with Gasteiger partial charge in [-0.05, 0) is 20.8 Å². The van der Waals surface area contributed by atoms with Crippen molar-refractivity contribution in [3.8, 4) is 0 Å². The van der Waals surface area contributed by atoms with Crippen LogP contribution in [0.3, 0.4) is 0 Å². The molecule has 0 aromatic carbocycles. The van der Waals surface area contributed by atoms with E-state index in [1.165, 1.54) is 12.4 Å². The number of hydrogen-bond donors (Lipinski definition) is 3. The summed E-state index contributed by atoms with van der Waals surface area (Å²) in [4.78, 5) is 23.0. The summed E-state index contributed by atoms with van der Waals surface area (Å²) in [6, 6.07) is -0.615. The Morgan fingerprint density at radius 1 is 1.38 bits per heavy atom. The van der Waals surface area contributed by atoms with E-state index in [1.54, 1.807) is 0 Å². The summed E-state index contributed by atoms with van der Waals surface area (Å²) >= 11 is 0. The molecule has 0 fully saturated rings. The number of nitrogens with zero attached hydrogens (tertiary/aromatic N) is 2. The minimum atomic E-state index is -2.52. The van der Waals surface area contributed by atoms with E-state index in [0.29, 0.717) is 0 Å². The summed E-state index contributed by atoms with van der Waals surface area (Å²) in [5.41, 5.74) is -0.115. The second kappa shape index (κ2) is 7.00. The Hall–Kier alpha value is -2.19. The van der Waals surface area contributed by atoms with E-state index in [0.717, 1.165) is 4.68 Å². The normalized spacial score (nSPS) is 11.3. The first kappa shape index (κ1) is 16.9. The molecule has 0 bridgehead atoms. The van der Waals surface area contributed by atoms with Crippen molar-refractivity contribution < 1.29 is 18.4 Å². The van der Waals surface area contributed by atoms with Crippen molar-refractivity contribution in [3.05, 3.63) is 12.4 Å². The zero-order valence-corrected chi connectivity index (χ0v) is 12.1. The number of alkyl halides is 2. The summed E-state index contributed by atoms with van der Waals surface area (Å²) in [6.07, 6.45) is 0.00527. The fourth-order valence-corrected chi connectivity index (χ4v) is 1.47. The minimum absolute atomic E-state index is 0.186. The second-order valence-electron chi connectivity index (χ2n) is 5.45. The van der Waals surface area contributed by atoms with Gasteiger partial charge in [-0.1, -0.05) is 0 Å². The third-order valence-corrected chi connectivity index (χ3v) is 2.14. The lowest BCUT2D eigenvalue weighted by Gasteiger charge is -2.20. The quantitative estimate of drug-likeness (QED) is 0.763. The molecule has 0 aliphatic heterocycles. The van der Waals surface area contributed by atoms with Gasteiger partial charge in [0.2, 0.25) is 5.91 Å². The highest BCUT2D eigenvalue weighted by molar-refractivity contribution is 5.92. The molecular weight excluding hydrogens is 284 g/mol. The Bertz CT molecular complexity index is 496. The van der Waals surface area contributed by atoms with Crippen molar-refractivity contribution >= 4 is 17.6 Å². The smallest absolute Gasteiger partial charge is 0.319 e. The maximum Gasteiger partial charge on any atom is 0.319 e. The van der Waals surface area contributed by atoms with Crippen molar-refractivity contribution in [2.75, 3.05) is 11.9 Å². The largest absolute Gasteiger partial charge is 0.350 e. The molecule has 0 saturated heterocycles. The molecule has 0 saturated carbocycles. The predicted octanol–water partition coefficient (Wildman–Crippen LogP) is 1.18. The Kier molecular flexibility index (Phi) is 5.62. The van der Waals surface area contributed by atoms with E-state index >= 15 is 0 Å². The van der Waals surface area contributed by atoms with Gasteiger partial charge in [0.15, 0.2) is 0 Å². The number of nitrogens with one attached hydrogen (secondary N) is 3. The molecule has 1 rings (SSSR count). The SMILES string of the molecule is CC(C)(C)NC(=O)CNC(=O)Nc1cnn(CC(F)F)c1. The highest BCUT2D eigenvalue weighted by Crippen LogP contribution is 2.06. The van der Waals surface area contributed by atoms with E-state index in [4.69, 9.17) is 0 Å². The maximum atomic E-state index is 12.1. The van der Waals surface area contributed by atoms with Crippen LogP contribution in [-0.2, 0) is 11.3 Å². The first-order valence-corrected chi connectivity index (χ1v) is 6.32. The van der Waals surface area contributed by atoms with Crippen LogP contribution < -0.4 is 16.0 Å². The molecule has 7 nitrogen and oxygen atoms in total. The fourth-order valence-electron chi connectivity index (χ4n) is 1.47. The molecule has 0 spiro atoms. The Morgan fingerprint density at radius 3 is 2.62 bits per heavy atom. The summed E-state index contributed by atoms with van der Waals surface area (Å²) in [5.74, 6) is -0.328. The summed E-state index contributed by atoms with van der Waals surface area (Å²) in [7, 11) is 0. The lowest BCUT2D eigenvalue weighted by molar-refractivity contribution is -0.121. The molecule has 0 aliphatic carbocycles. The molecule has 3 N–H and O–H groups in total. The number of amides is 3. The Labute approximate surface area is 121 Å². The number of anilines is 1. The highest BCUT2D eigenvalue weighted by atomic mass is 19.3. The van der Waals surface area contributed by atoms with Gasteiger partial charge < -0.3 is 16.0 Å². The summed E-state index contributed by atoms with van der Waals surface area (Å²) < 4.78 is 25.3.